The van der Waals surface area contributed by atoms with Crippen molar-refractivity contribution in [3.63, 3.8) is 0 Å². The van der Waals surface area contributed by atoms with Crippen molar-refractivity contribution >= 4 is 0 Å². The number of halogens is 3. The second-order valence-corrected chi connectivity index (χ2v) is 5.34. The highest BCUT2D eigenvalue weighted by Crippen LogP contribution is 2.31. The maximum Gasteiger partial charge on any atom is 0.416 e. The van der Waals surface area contributed by atoms with Gasteiger partial charge in [-0.25, -0.2) is 0 Å². The lowest BCUT2D eigenvalue weighted by molar-refractivity contribution is -0.137. The molecule has 0 aliphatic carbocycles. The lowest BCUT2D eigenvalue weighted by atomic mass is 10.0. The molecule has 0 amide bonds. The number of alkyl halides is 3. The zero-order chi connectivity index (χ0) is 17.3. The molecule has 24 heavy (non-hydrogen) atoms. The standard InChI is InChI=1S/C18H13F3N2O/c1-23-11-15(13-8-5-9-14(10-13)18(19,20)21)17(24)16(22-23)12-6-3-2-4-7-12/h2-11H,1H3. The van der Waals surface area contributed by atoms with E-state index in [2.05, 4.69) is 5.10 Å². The lowest BCUT2D eigenvalue weighted by Crippen LogP contribution is -2.15. The highest BCUT2D eigenvalue weighted by molar-refractivity contribution is 5.69. The molecular formula is C18H13F3N2O. The minimum atomic E-state index is -4.46. The molecule has 3 aromatic rings. The number of aromatic nitrogens is 2. The average Bonchev–Trinajstić information content (AvgIpc) is 2.57. The normalized spacial score (nSPS) is 11.5. The van der Waals surface area contributed by atoms with E-state index in [1.54, 1.807) is 31.3 Å². The first-order chi connectivity index (χ1) is 11.4. The summed E-state index contributed by atoms with van der Waals surface area (Å²) in [7, 11) is 1.63. The second-order valence-electron chi connectivity index (χ2n) is 5.34. The van der Waals surface area contributed by atoms with Gasteiger partial charge >= 0.3 is 6.18 Å². The summed E-state index contributed by atoms with van der Waals surface area (Å²) in [5.41, 5.74) is 0.0150. The van der Waals surface area contributed by atoms with Gasteiger partial charge in [0.25, 0.3) is 0 Å². The Labute approximate surface area is 136 Å². The summed E-state index contributed by atoms with van der Waals surface area (Å²) in [5, 5.41) is 4.18. The molecule has 1 heterocycles. The Bertz CT molecular complexity index is 931. The molecule has 0 bridgehead atoms. The van der Waals surface area contributed by atoms with Gasteiger partial charge in [0, 0.05) is 24.4 Å². The summed E-state index contributed by atoms with van der Waals surface area (Å²) in [6, 6.07) is 13.6. The third-order valence-electron chi connectivity index (χ3n) is 3.58. The second kappa shape index (κ2) is 5.96. The minimum absolute atomic E-state index is 0.178. The van der Waals surface area contributed by atoms with E-state index in [1.807, 2.05) is 6.07 Å². The molecule has 0 radical (unpaired) electrons. The van der Waals surface area contributed by atoms with Crippen LogP contribution in [0.1, 0.15) is 5.56 Å². The predicted octanol–water partition coefficient (Wildman–Crippen LogP) is 4.13. The molecular weight excluding hydrogens is 317 g/mol. The van der Waals surface area contributed by atoms with Crippen molar-refractivity contribution < 1.29 is 13.2 Å². The first kappa shape index (κ1) is 16.0. The molecule has 0 saturated heterocycles. The van der Waals surface area contributed by atoms with Gasteiger partial charge in [0.15, 0.2) is 0 Å². The first-order valence-electron chi connectivity index (χ1n) is 7.17. The van der Waals surface area contributed by atoms with Gasteiger partial charge in [0.2, 0.25) is 5.43 Å². The summed E-state index contributed by atoms with van der Waals surface area (Å²) in [6.45, 7) is 0. The number of hydrogen-bond donors (Lipinski definition) is 0. The zero-order valence-electron chi connectivity index (χ0n) is 12.7. The van der Waals surface area contributed by atoms with Gasteiger partial charge in [-0.3, -0.25) is 9.48 Å². The van der Waals surface area contributed by atoms with Gasteiger partial charge in [-0.1, -0.05) is 42.5 Å². The van der Waals surface area contributed by atoms with Gasteiger partial charge in [-0.05, 0) is 17.7 Å². The molecule has 3 rings (SSSR count). The quantitative estimate of drug-likeness (QED) is 0.708. The number of benzene rings is 2. The average molecular weight is 330 g/mol. The fourth-order valence-electron chi connectivity index (χ4n) is 2.46. The zero-order valence-corrected chi connectivity index (χ0v) is 12.7. The Morgan fingerprint density at radius 1 is 0.958 bits per heavy atom. The smallest absolute Gasteiger partial charge is 0.287 e. The topological polar surface area (TPSA) is 34.9 Å². The Kier molecular flexibility index (Phi) is 3.97. The Morgan fingerprint density at radius 2 is 1.62 bits per heavy atom. The van der Waals surface area contributed by atoms with Crippen molar-refractivity contribution in [2.24, 2.45) is 7.05 Å². The fourth-order valence-corrected chi connectivity index (χ4v) is 2.46. The van der Waals surface area contributed by atoms with Crippen LogP contribution in [-0.4, -0.2) is 9.78 Å². The number of hydrogen-bond acceptors (Lipinski definition) is 2. The predicted molar refractivity (Wildman–Crippen MR) is 85.4 cm³/mol. The summed E-state index contributed by atoms with van der Waals surface area (Å²) in [4.78, 5) is 12.7. The van der Waals surface area contributed by atoms with Crippen LogP contribution in [0.25, 0.3) is 22.4 Å². The number of aryl methyl sites for hydroxylation is 1. The molecule has 6 heteroatoms. The van der Waals surface area contributed by atoms with Crippen LogP contribution in [0, 0.1) is 0 Å². The third-order valence-corrected chi connectivity index (χ3v) is 3.58. The summed E-state index contributed by atoms with van der Waals surface area (Å²) < 4.78 is 40.2. The van der Waals surface area contributed by atoms with Crippen molar-refractivity contribution in [3.8, 4) is 22.4 Å². The van der Waals surface area contributed by atoms with Crippen LogP contribution in [0.4, 0.5) is 13.2 Å². The van der Waals surface area contributed by atoms with E-state index in [0.29, 0.717) is 5.56 Å². The van der Waals surface area contributed by atoms with Crippen LogP contribution in [0.2, 0.25) is 0 Å². The number of nitrogens with zero attached hydrogens (tertiary/aromatic N) is 2. The molecule has 2 aromatic carbocycles. The van der Waals surface area contributed by atoms with Crippen LogP contribution >= 0.6 is 0 Å². The van der Waals surface area contributed by atoms with Crippen LogP contribution in [0.5, 0.6) is 0 Å². The van der Waals surface area contributed by atoms with E-state index in [-0.39, 0.29) is 16.8 Å². The lowest BCUT2D eigenvalue weighted by Gasteiger charge is -2.10. The highest BCUT2D eigenvalue weighted by atomic mass is 19.4. The van der Waals surface area contributed by atoms with Gasteiger partial charge in [-0.15, -0.1) is 0 Å². The van der Waals surface area contributed by atoms with Crippen LogP contribution < -0.4 is 5.43 Å². The van der Waals surface area contributed by atoms with Gasteiger partial charge in [-0.2, -0.15) is 18.3 Å². The van der Waals surface area contributed by atoms with Gasteiger partial charge < -0.3 is 0 Å². The minimum Gasteiger partial charge on any atom is -0.287 e. The maximum atomic E-state index is 12.9. The van der Waals surface area contributed by atoms with Crippen molar-refractivity contribution in [2.75, 3.05) is 0 Å². The molecule has 0 saturated carbocycles. The molecule has 3 nitrogen and oxygen atoms in total. The molecule has 1 aromatic heterocycles. The Morgan fingerprint density at radius 3 is 2.29 bits per heavy atom. The summed E-state index contributed by atoms with van der Waals surface area (Å²) in [6.07, 6.45) is -3.03. The van der Waals surface area contributed by atoms with E-state index in [1.165, 1.54) is 23.0 Å². The van der Waals surface area contributed by atoms with Crippen LogP contribution in [0.3, 0.4) is 0 Å². The van der Waals surface area contributed by atoms with E-state index in [9.17, 15) is 18.0 Å². The summed E-state index contributed by atoms with van der Waals surface area (Å²) >= 11 is 0. The largest absolute Gasteiger partial charge is 0.416 e. The molecule has 0 aliphatic rings. The monoisotopic (exact) mass is 330 g/mol. The SMILES string of the molecule is Cn1cc(-c2cccc(C(F)(F)F)c2)c(=O)c(-c2ccccc2)n1. The van der Waals surface area contributed by atoms with Crippen molar-refractivity contribution in [3.05, 3.63) is 76.6 Å². The van der Waals surface area contributed by atoms with E-state index < -0.39 is 17.2 Å². The van der Waals surface area contributed by atoms with Crippen molar-refractivity contribution in [1.29, 1.82) is 0 Å². The van der Waals surface area contributed by atoms with E-state index in [0.717, 1.165) is 12.1 Å². The number of rotatable bonds is 2. The molecule has 0 unspecified atom stereocenters. The van der Waals surface area contributed by atoms with Crippen LogP contribution in [-0.2, 0) is 13.2 Å². The van der Waals surface area contributed by atoms with E-state index >= 15 is 0 Å². The van der Waals surface area contributed by atoms with Crippen LogP contribution in [0.15, 0.2) is 65.6 Å². The molecule has 0 aliphatic heterocycles. The third kappa shape index (κ3) is 3.08. The molecule has 0 N–H and O–H groups in total. The Hall–Kier alpha value is -2.89. The highest BCUT2D eigenvalue weighted by Gasteiger charge is 2.30. The molecule has 0 fully saturated rings. The van der Waals surface area contributed by atoms with Crippen molar-refractivity contribution in [1.82, 2.24) is 9.78 Å². The molecule has 0 spiro atoms. The molecule has 0 atom stereocenters. The maximum absolute atomic E-state index is 12.9. The van der Waals surface area contributed by atoms with Gasteiger partial charge in [0.1, 0.15) is 5.69 Å². The first-order valence-corrected chi connectivity index (χ1v) is 7.17. The summed E-state index contributed by atoms with van der Waals surface area (Å²) in [5.74, 6) is 0. The fraction of sp³-hybridized carbons (Fsp3) is 0.111. The molecule has 122 valence electrons. The Balaban J connectivity index is 2.20. The van der Waals surface area contributed by atoms with Gasteiger partial charge in [0.05, 0.1) is 5.56 Å². The van der Waals surface area contributed by atoms with E-state index in [4.69, 9.17) is 0 Å². The van der Waals surface area contributed by atoms with Crippen molar-refractivity contribution in [2.45, 2.75) is 6.18 Å².